The van der Waals surface area contributed by atoms with Gasteiger partial charge in [0.15, 0.2) is 0 Å². The number of rotatable bonds is 10. The van der Waals surface area contributed by atoms with E-state index in [1.807, 2.05) is 24.3 Å². The third-order valence-corrected chi connectivity index (χ3v) is 12.5. The molecule has 0 heterocycles. The first-order valence-corrected chi connectivity index (χ1v) is 16.5. The zero-order valence-electron chi connectivity index (χ0n) is 24.4. The molecule has 0 aromatic heterocycles. The fourth-order valence-corrected chi connectivity index (χ4v) is 10.2. The maximum atomic E-state index is 12.3. The first-order chi connectivity index (χ1) is 20.9. The number of ether oxygens (including phenoxy) is 1. The van der Waals surface area contributed by atoms with E-state index in [0.29, 0.717) is 0 Å². The van der Waals surface area contributed by atoms with Crippen LogP contribution in [0.15, 0.2) is 140 Å². The number of hydrogen-bond donors (Lipinski definition) is 2. The van der Waals surface area contributed by atoms with Crippen molar-refractivity contribution in [1.82, 2.24) is 5.32 Å². The van der Waals surface area contributed by atoms with Crippen molar-refractivity contribution in [3.05, 3.63) is 145 Å². The summed E-state index contributed by atoms with van der Waals surface area (Å²) in [7, 11) is -2.56. The number of hydrogen-bond acceptors (Lipinski definition) is 4. The Balaban J connectivity index is 1.41. The first-order valence-electron chi connectivity index (χ1n) is 14.5. The standard InChI is InChI=1S/C37H37N2O3P/c1-27(38)36(40)39-28(2)37(41)42-26-29-18-20-30(21-19-29)31-22-24-35(25-23-31)43(32-12-6-3-7-13-32,33-14-8-4-9-15-33)34-16-10-5-11-17-34/h3-25,27-28,43H,26,38H2,1-2H3,(H,39,40). The van der Waals surface area contributed by atoms with Gasteiger partial charge in [-0.05, 0) is 13.8 Å². The Morgan fingerprint density at radius 1 is 0.628 bits per heavy atom. The molecule has 3 N–H and O–H groups in total. The summed E-state index contributed by atoms with van der Waals surface area (Å²) in [6.45, 7) is 3.27. The average molecular weight is 589 g/mol. The molecule has 0 aliphatic carbocycles. The van der Waals surface area contributed by atoms with Gasteiger partial charge in [-0.25, -0.2) is 0 Å². The van der Waals surface area contributed by atoms with Crippen LogP contribution in [0.5, 0.6) is 0 Å². The molecule has 0 fully saturated rings. The van der Waals surface area contributed by atoms with E-state index in [0.717, 1.165) is 16.7 Å². The number of carbonyl (C=O) groups excluding carboxylic acids is 2. The first kappa shape index (κ1) is 29.9. The van der Waals surface area contributed by atoms with E-state index >= 15 is 0 Å². The second-order valence-corrected chi connectivity index (χ2v) is 14.6. The van der Waals surface area contributed by atoms with Crippen molar-refractivity contribution >= 4 is 40.4 Å². The van der Waals surface area contributed by atoms with Crippen LogP contribution in [-0.4, -0.2) is 24.0 Å². The van der Waals surface area contributed by atoms with Crippen molar-refractivity contribution in [2.45, 2.75) is 32.5 Å². The van der Waals surface area contributed by atoms with Crippen LogP contribution in [0, 0.1) is 0 Å². The molecule has 43 heavy (non-hydrogen) atoms. The molecule has 0 aliphatic heterocycles. The van der Waals surface area contributed by atoms with Gasteiger partial charge in [0.25, 0.3) is 0 Å². The zero-order chi connectivity index (χ0) is 30.2. The predicted octanol–water partition coefficient (Wildman–Crippen LogP) is 4.60. The summed E-state index contributed by atoms with van der Waals surface area (Å²) in [6, 6.07) is 48.1. The van der Waals surface area contributed by atoms with Gasteiger partial charge in [0.2, 0.25) is 5.91 Å². The van der Waals surface area contributed by atoms with E-state index in [1.54, 1.807) is 13.8 Å². The van der Waals surface area contributed by atoms with Crippen LogP contribution in [0.1, 0.15) is 19.4 Å². The van der Waals surface area contributed by atoms with E-state index in [4.69, 9.17) is 10.5 Å². The molecular formula is C37H37N2O3P. The number of benzene rings is 5. The molecule has 5 aromatic carbocycles. The summed E-state index contributed by atoms with van der Waals surface area (Å²) in [5, 5.41) is 7.89. The summed E-state index contributed by atoms with van der Waals surface area (Å²) in [6.07, 6.45) is 0. The molecule has 6 heteroatoms. The maximum absolute atomic E-state index is 12.3. The molecular weight excluding hydrogens is 551 g/mol. The van der Waals surface area contributed by atoms with Crippen molar-refractivity contribution in [3.63, 3.8) is 0 Å². The van der Waals surface area contributed by atoms with Gasteiger partial charge in [0.1, 0.15) is 0 Å². The topological polar surface area (TPSA) is 81.4 Å². The molecule has 2 unspecified atom stereocenters. The monoisotopic (exact) mass is 588 g/mol. The van der Waals surface area contributed by atoms with Gasteiger partial charge in [0, 0.05) is 0 Å². The van der Waals surface area contributed by atoms with Crippen LogP contribution in [0.2, 0.25) is 0 Å². The SMILES string of the molecule is CC(N)C(=O)NC(C)C(=O)OCc1ccc(-c2ccc([PH](c3ccccc3)(c3ccccc3)c3ccccc3)cc2)cc1. The molecule has 5 rings (SSSR count). The number of amides is 1. The van der Waals surface area contributed by atoms with Crippen LogP contribution in [-0.2, 0) is 20.9 Å². The number of carbonyl (C=O) groups is 2. The number of nitrogens with one attached hydrogen (secondary N) is 1. The predicted molar refractivity (Wildman–Crippen MR) is 179 cm³/mol. The summed E-state index contributed by atoms with van der Waals surface area (Å²) in [4.78, 5) is 24.1. The van der Waals surface area contributed by atoms with Gasteiger partial charge >= 0.3 is 213 Å². The van der Waals surface area contributed by atoms with Gasteiger partial charge in [-0.15, -0.1) is 0 Å². The second-order valence-electron chi connectivity index (χ2n) is 10.7. The second kappa shape index (κ2) is 13.6. The van der Waals surface area contributed by atoms with E-state index in [9.17, 15) is 9.59 Å². The molecule has 0 spiro atoms. The summed E-state index contributed by atoms with van der Waals surface area (Å²) in [5.41, 5.74) is 8.61. The fourth-order valence-electron chi connectivity index (χ4n) is 5.45. The summed E-state index contributed by atoms with van der Waals surface area (Å²) in [5.74, 6) is -0.896. The van der Waals surface area contributed by atoms with E-state index in [-0.39, 0.29) is 6.61 Å². The normalized spacial score (nSPS) is 13.0. The summed E-state index contributed by atoms with van der Waals surface area (Å²) < 4.78 is 5.41. The van der Waals surface area contributed by atoms with Crippen molar-refractivity contribution in [2.24, 2.45) is 5.73 Å². The Hall–Kier alpha value is -4.57. The van der Waals surface area contributed by atoms with Crippen LogP contribution in [0.3, 0.4) is 0 Å². The van der Waals surface area contributed by atoms with Crippen LogP contribution in [0.25, 0.3) is 11.1 Å². The molecule has 0 saturated heterocycles. The van der Waals surface area contributed by atoms with Gasteiger partial charge in [-0.3, -0.25) is 4.79 Å². The van der Waals surface area contributed by atoms with Crippen molar-refractivity contribution in [2.75, 3.05) is 0 Å². The Morgan fingerprint density at radius 3 is 1.44 bits per heavy atom. The molecule has 5 nitrogen and oxygen atoms in total. The molecule has 0 aliphatic rings. The Morgan fingerprint density at radius 2 is 1.02 bits per heavy atom. The Kier molecular flexibility index (Phi) is 9.46. The van der Waals surface area contributed by atoms with Gasteiger partial charge in [0.05, 0.1) is 6.04 Å². The van der Waals surface area contributed by atoms with Crippen molar-refractivity contribution in [3.8, 4) is 11.1 Å². The third-order valence-electron chi connectivity index (χ3n) is 7.73. The van der Waals surface area contributed by atoms with E-state index in [2.05, 4.69) is 121 Å². The fraction of sp³-hybridized carbons (Fsp3) is 0.135. The van der Waals surface area contributed by atoms with Gasteiger partial charge in [-0.1, -0.05) is 0 Å². The Labute approximate surface area is 254 Å². The van der Waals surface area contributed by atoms with Gasteiger partial charge in [-0.2, -0.15) is 0 Å². The average Bonchev–Trinajstić information content (AvgIpc) is 3.06. The zero-order valence-corrected chi connectivity index (χ0v) is 25.4. The molecule has 0 bridgehead atoms. The van der Waals surface area contributed by atoms with Crippen LogP contribution in [0.4, 0.5) is 0 Å². The molecule has 1 amide bonds. The molecule has 5 aromatic rings. The Bertz CT molecular complexity index is 1540. The third kappa shape index (κ3) is 6.59. The number of nitrogens with two attached hydrogens (primary N) is 1. The van der Waals surface area contributed by atoms with Crippen LogP contribution < -0.4 is 32.3 Å². The van der Waals surface area contributed by atoms with Gasteiger partial charge < -0.3 is 11.1 Å². The van der Waals surface area contributed by atoms with Crippen LogP contribution >= 0.6 is 7.26 Å². The molecule has 0 radical (unpaired) electrons. The van der Waals surface area contributed by atoms with E-state index < -0.39 is 31.2 Å². The minimum absolute atomic E-state index is 0.121. The quantitative estimate of drug-likeness (QED) is 0.185. The molecule has 0 saturated carbocycles. The minimum atomic E-state index is -2.56. The number of esters is 1. The van der Waals surface area contributed by atoms with E-state index in [1.165, 1.54) is 21.2 Å². The van der Waals surface area contributed by atoms with Crippen molar-refractivity contribution < 1.29 is 14.3 Å². The van der Waals surface area contributed by atoms with Crippen molar-refractivity contribution in [1.29, 1.82) is 0 Å². The summed E-state index contributed by atoms with van der Waals surface area (Å²) >= 11 is 0. The molecule has 218 valence electrons. The molecule has 2 atom stereocenters.